The van der Waals surface area contributed by atoms with Crippen LogP contribution in [-0.2, 0) is 35.1 Å². The number of aliphatic imine (C=N–C) groups is 1. The van der Waals surface area contributed by atoms with Crippen LogP contribution in [-0.4, -0.2) is 86.7 Å². The van der Waals surface area contributed by atoms with Gasteiger partial charge >= 0.3 is 12.1 Å². The third-order valence-electron chi connectivity index (χ3n) is 6.08. The molecule has 0 aliphatic carbocycles. The lowest BCUT2D eigenvalue weighted by atomic mass is 10.0. The van der Waals surface area contributed by atoms with Crippen molar-refractivity contribution in [1.82, 2.24) is 15.5 Å². The molecule has 0 spiro atoms. The van der Waals surface area contributed by atoms with Crippen LogP contribution in [0.1, 0.15) is 51.2 Å². The number of rotatable bonds is 14. The first kappa shape index (κ1) is 31.7. The van der Waals surface area contributed by atoms with Crippen molar-refractivity contribution in [2.45, 2.75) is 58.7 Å². The summed E-state index contributed by atoms with van der Waals surface area (Å²) in [4.78, 5) is 55.2. The number of amidine groups is 1. The molecule has 216 valence electrons. The normalized spacial score (nSPS) is 16.2. The van der Waals surface area contributed by atoms with Gasteiger partial charge in [-0.25, -0.2) is 4.79 Å². The lowest BCUT2D eigenvalue weighted by Gasteiger charge is -2.29. The fourth-order valence-electron chi connectivity index (χ4n) is 4.17. The van der Waals surface area contributed by atoms with Crippen molar-refractivity contribution in [2.75, 3.05) is 40.0 Å². The predicted molar refractivity (Wildman–Crippen MR) is 145 cm³/mol. The fraction of sp³-hybridized carbons (Fsp3) is 0.593. The van der Waals surface area contributed by atoms with Gasteiger partial charge in [0.15, 0.2) is 0 Å². The van der Waals surface area contributed by atoms with Gasteiger partial charge in [0.25, 0.3) is 0 Å². The largest absolute Gasteiger partial charge is 0.465 e. The molecule has 39 heavy (non-hydrogen) atoms. The maximum absolute atomic E-state index is 13.4. The van der Waals surface area contributed by atoms with Crippen molar-refractivity contribution in [3.05, 3.63) is 35.4 Å². The van der Waals surface area contributed by atoms with Crippen molar-refractivity contribution >= 4 is 29.7 Å². The van der Waals surface area contributed by atoms with E-state index in [0.717, 1.165) is 12.0 Å². The fourth-order valence-corrected chi connectivity index (χ4v) is 4.17. The summed E-state index contributed by atoms with van der Waals surface area (Å²) in [6.45, 7) is 7.01. The second-order valence-corrected chi connectivity index (χ2v) is 9.58. The topological polar surface area (TPSA) is 162 Å². The van der Waals surface area contributed by atoms with E-state index in [9.17, 15) is 19.2 Å². The molecule has 0 unspecified atom stereocenters. The van der Waals surface area contributed by atoms with E-state index in [2.05, 4.69) is 15.6 Å². The zero-order chi connectivity index (χ0) is 28.8. The summed E-state index contributed by atoms with van der Waals surface area (Å²) in [5.74, 6) is -0.618. The summed E-state index contributed by atoms with van der Waals surface area (Å²) in [6.07, 6.45) is 1.02. The highest BCUT2D eigenvalue weighted by Gasteiger charge is 2.37. The Morgan fingerprint density at radius 3 is 2.49 bits per heavy atom. The van der Waals surface area contributed by atoms with Crippen molar-refractivity contribution < 1.29 is 33.4 Å². The van der Waals surface area contributed by atoms with Crippen LogP contribution in [0.5, 0.6) is 0 Å². The smallest absolute Gasteiger partial charge is 0.435 e. The number of nitrogens with zero attached hydrogens (tertiary/aromatic N) is 2. The Kier molecular flexibility index (Phi) is 13.4. The second-order valence-electron chi connectivity index (χ2n) is 9.58. The average molecular weight is 548 g/mol. The molecule has 2 atom stereocenters. The summed E-state index contributed by atoms with van der Waals surface area (Å²) in [5, 5.41) is 5.92. The van der Waals surface area contributed by atoms with E-state index >= 15 is 0 Å². The summed E-state index contributed by atoms with van der Waals surface area (Å²) in [7, 11) is 1.50. The number of benzene rings is 1. The van der Waals surface area contributed by atoms with Gasteiger partial charge in [0, 0.05) is 25.8 Å². The van der Waals surface area contributed by atoms with Gasteiger partial charge < -0.3 is 30.2 Å². The molecule has 0 saturated carbocycles. The molecule has 3 amide bonds. The summed E-state index contributed by atoms with van der Waals surface area (Å²) >= 11 is 0. The average Bonchev–Trinajstić information content (AvgIpc) is 3.40. The first-order valence-corrected chi connectivity index (χ1v) is 13.2. The predicted octanol–water partition coefficient (Wildman–Crippen LogP) is 1.35. The Morgan fingerprint density at radius 1 is 1.13 bits per heavy atom. The van der Waals surface area contributed by atoms with Crippen LogP contribution < -0.4 is 16.4 Å². The Hall–Kier alpha value is -3.51. The van der Waals surface area contributed by atoms with Crippen LogP contribution in [0.2, 0.25) is 0 Å². The van der Waals surface area contributed by atoms with E-state index in [4.69, 9.17) is 19.9 Å². The SMILES string of the molecule is CCOC(=O)CN[C@H](CC(C)C)C(=O)N1CCC[C@H]1C(=O)NCc1ccc(C(N)=NC(=O)OCCOC)cc1. The van der Waals surface area contributed by atoms with Crippen molar-refractivity contribution in [1.29, 1.82) is 0 Å². The Bertz CT molecular complexity index is 997. The maximum atomic E-state index is 13.4. The minimum absolute atomic E-state index is 0.0145. The molecule has 1 aromatic carbocycles. The van der Waals surface area contributed by atoms with E-state index in [0.29, 0.717) is 24.9 Å². The van der Waals surface area contributed by atoms with Gasteiger partial charge in [0.1, 0.15) is 18.5 Å². The van der Waals surface area contributed by atoms with E-state index < -0.39 is 24.1 Å². The molecule has 1 fully saturated rings. The van der Waals surface area contributed by atoms with E-state index in [1.165, 1.54) is 7.11 Å². The number of nitrogens with two attached hydrogens (primary N) is 1. The molecule has 1 aliphatic heterocycles. The number of carbonyl (C=O) groups is 4. The molecule has 1 saturated heterocycles. The Morgan fingerprint density at radius 2 is 1.85 bits per heavy atom. The number of esters is 1. The molecule has 1 aliphatic rings. The first-order valence-electron chi connectivity index (χ1n) is 13.2. The Labute approximate surface area is 229 Å². The number of hydrogen-bond acceptors (Lipinski definition) is 8. The number of likely N-dealkylation sites (tertiary alicyclic amines) is 1. The van der Waals surface area contributed by atoms with E-state index in [-0.39, 0.29) is 56.5 Å². The van der Waals surface area contributed by atoms with Crippen molar-refractivity contribution in [2.24, 2.45) is 16.6 Å². The van der Waals surface area contributed by atoms with E-state index in [1.807, 2.05) is 13.8 Å². The van der Waals surface area contributed by atoms with Gasteiger partial charge in [-0.3, -0.25) is 19.7 Å². The standard InChI is InChI=1S/C27H41N5O7/c1-5-38-23(33)17-29-21(15-18(2)3)26(35)32-12-6-7-22(32)25(34)30-16-19-8-10-20(11-9-19)24(28)31-27(36)39-14-13-37-4/h8-11,18,21-22,29H,5-7,12-17H2,1-4H3,(H,30,34)(H2,28,31,36)/t21-,22+/m1/s1. The molecule has 0 radical (unpaired) electrons. The third-order valence-corrected chi connectivity index (χ3v) is 6.08. The molecular formula is C27H41N5O7. The number of nitrogens with one attached hydrogen (secondary N) is 2. The molecule has 0 aromatic heterocycles. The Balaban J connectivity index is 1.95. The number of carbonyl (C=O) groups excluding carboxylic acids is 4. The van der Waals surface area contributed by atoms with E-state index in [1.54, 1.807) is 36.1 Å². The molecule has 12 heteroatoms. The zero-order valence-corrected chi connectivity index (χ0v) is 23.2. The van der Waals surface area contributed by atoms with Gasteiger partial charge in [-0.05, 0) is 37.7 Å². The van der Waals surface area contributed by atoms with Gasteiger partial charge in [0.2, 0.25) is 11.8 Å². The van der Waals surface area contributed by atoms with Crippen molar-refractivity contribution in [3.63, 3.8) is 0 Å². The molecule has 12 nitrogen and oxygen atoms in total. The lowest BCUT2D eigenvalue weighted by molar-refractivity contribution is -0.143. The molecule has 2 rings (SSSR count). The number of amides is 3. The molecule has 0 bridgehead atoms. The highest BCUT2D eigenvalue weighted by Crippen LogP contribution is 2.20. The van der Waals surface area contributed by atoms with Crippen LogP contribution in [0.3, 0.4) is 0 Å². The summed E-state index contributed by atoms with van der Waals surface area (Å²) in [6, 6.07) is 5.76. The van der Waals surface area contributed by atoms with Gasteiger partial charge in [0.05, 0.1) is 25.8 Å². The van der Waals surface area contributed by atoms with Crippen LogP contribution in [0.25, 0.3) is 0 Å². The van der Waals surface area contributed by atoms with Gasteiger partial charge in [-0.2, -0.15) is 4.99 Å². The zero-order valence-electron chi connectivity index (χ0n) is 23.2. The number of hydrogen-bond donors (Lipinski definition) is 3. The monoisotopic (exact) mass is 547 g/mol. The molecule has 4 N–H and O–H groups in total. The maximum Gasteiger partial charge on any atom is 0.435 e. The quantitative estimate of drug-likeness (QED) is 0.135. The summed E-state index contributed by atoms with van der Waals surface area (Å²) in [5.41, 5.74) is 7.23. The van der Waals surface area contributed by atoms with Crippen LogP contribution in [0, 0.1) is 5.92 Å². The third kappa shape index (κ3) is 10.6. The highest BCUT2D eigenvalue weighted by molar-refractivity contribution is 6.02. The lowest BCUT2D eigenvalue weighted by Crippen LogP contribution is -2.53. The van der Waals surface area contributed by atoms with Crippen LogP contribution in [0.15, 0.2) is 29.3 Å². The summed E-state index contributed by atoms with van der Waals surface area (Å²) < 4.78 is 14.6. The van der Waals surface area contributed by atoms with Crippen molar-refractivity contribution in [3.8, 4) is 0 Å². The van der Waals surface area contributed by atoms with Gasteiger partial charge in [-0.1, -0.05) is 38.1 Å². The minimum atomic E-state index is -0.803. The molecule has 1 heterocycles. The van der Waals surface area contributed by atoms with Crippen LogP contribution in [0.4, 0.5) is 4.79 Å². The number of ether oxygens (including phenoxy) is 3. The minimum Gasteiger partial charge on any atom is -0.465 e. The molecule has 1 aromatic rings. The second kappa shape index (κ2) is 16.5. The number of methoxy groups -OCH3 is 1. The van der Waals surface area contributed by atoms with Crippen LogP contribution >= 0.6 is 0 Å². The first-order chi connectivity index (χ1) is 18.7. The molecular weight excluding hydrogens is 506 g/mol. The van der Waals surface area contributed by atoms with Gasteiger partial charge in [-0.15, -0.1) is 0 Å². The highest BCUT2D eigenvalue weighted by atomic mass is 16.6.